The van der Waals surface area contributed by atoms with Crippen molar-refractivity contribution < 1.29 is 0 Å². The van der Waals surface area contributed by atoms with Crippen molar-refractivity contribution in [2.75, 3.05) is 0 Å². The zero-order valence-corrected chi connectivity index (χ0v) is 10.2. The van der Waals surface area contributed by atoms with E-state index in [0.29, 0.717) is 0 Å². The molecule has 2 heteroatoms. The molecule has 0 saturated carbocycles. The van der Waals surface area contributed by atoms with Crippen LogP contribution in [0.2, 0.25) is 31.7 Å². The van der Waals surface area contributed by atoms with Gasteiger partial charge in [0, 0.05) is 0 Å². The van der Waals surface area contributed by atoms with Crippen molar-refractivity contribution in [3.8, 4) is 0 Å². The van der Waals surface area contributed by atoms with E-state index in [1.807, 2.05) is 0 Å². The monoisotopic (exact) mass is 184 g/mol. The second-order valence-electron chi connectivity index (χ2n) is 3.94. The second kappa shape index (κ2) is 4.72. The molecule has 0 aliphatic rings. The van der Waals surface area contributed by atoms with Gasteiger partial charge in [0.2, 0.25) is 0 Å². The molecule has 0 aliphatic carbocycles. The van der Waals surface area contributed by atoms with E-state index in [2.05, 4.69) is 44.2 Å². The minimum Gasteiger partial charge on any atom is -0.107 e. The highest BCUT2D eigenvalue weighted by atomic mass is 28.3. The first-order valence-corrected chi connectivity index (χ1v) is 10.2. The molecule has 0 spiro atoms. The van der Waals surface area contributed by atoms with Gasteiger partial charge in [0.25, 0.3) is 0 Å². The van der Waals surface area contributed by atoms with Gasteiger partial charge in [0.1, 0.15) is 0 Å². The van der Waals surface area contributed by atoms with Gasteiger partial charge in [-0.25, -0.2) is 0 Å². The molecule has 11 heavy (non-hydrogen) atoms. The van der Waals surface area contributed by atoms with Crippen molar-refractivity contribution >= 4 is 16.9 Å². The Morgan fingerprint density at radius 1 is 1.36 bits per heavy atom. The first-order chi connectivity index (χ1) is 5.02. The van der Waals surface area contributed by atoms with Gasteiger partial charge >= 0.3 is 0 Å². The van der Waals surface area contributed by atoms with Crippen molar-refractivity contribution in [1.82, 2.24) is 0 Å². The lowest BCUT2D eigenvalue weighted by Gasteiger charge is -2.17. The van der Waals surface area contributed by atoms with Crippen LogP contribution in [-0.2, 0) is 0 Å². The summed E-state index contributed by atoms with van der Waals surface area (Å²) >= 11 is 0. The number of hydrogen-bond donors (Lipinski definition) is 0. The molecule has 1 unspecified atom stereocenters. The molecular weight excluding hydrogens is 164 g/mol. The standard InChI is InChI=1S/C9H20Si2/c1-6-10(3)8-9-11(4,5)7-2/h6-7,10H,1-2,8-9H2,3-5H3. The Morgan fingerprint density at radius 2 is 1.91 bits per heavy atom. The summed E-state index contributed by atoms with van der Waals surface area (Å²) in [6.07, 6.45) is 0. The molecule has 0 saturated heterocycles. The first kappa shape index (κ1) is 10.9. The highest BCUT2D eigenvalue weighted by molar-refractivity contribution is 6.83. The third-order valence-corrected chi connectivity index (χ3v) is 7.46. The minimum absolute atomic E-state index is 0.544. The molecule has 0 N–H and O–H groups in total. The molecule has 0 bridgehead atoms. The van der Waals surface area contributed by atoms with Gasteiger partial charge in [-0.2, -0.15) is 0 Å². The Bertz CT molecular complexity index is 138. The highest BCUT2D eigenvalue weighted by Gasteiger charge is 2.16. The Kier molecular flexibility index (Phi) is 4.69. The molecule has 0 aromatic rings. The van der Waals surface area contributed by atoms with Crippen molar-refractivity contribution in [3.05, 3.63) is 24.6 Å². The van der Waals surface area contributed by atoms with E-state index in [9.17, 15) is 0 Å². The Morgan fingerprint density at radius 3 is 2.27 bits per heavy atom. The van der Waals surface area contributed by atoms with Gasteiger partial charge in [-0.3, -0.25) is 0 Å². The molecule has 0 heterocycles. The largest absolute Gasteiger partial charge is 0.107 e. The van der Waals surface area contributed by atoms with Crippen LogP contribution in [0.3, 0.4) is 0 Å². The first-order valence-electron chi connectivity index (χ1n) is 4.28. The van der Waals surface area contributed by atoms with Crippen LogP contribution < -0.4 is 0 Å². The fourth-order valence-electron chi connectivity index (χ4n) is 0.820. The van der Waals surface area contributed by atoms with Crippen molar-refractivity contribution in [2.45, 2.75) is 31.7 Å². The van der Waals surface area contributed by atoms with Crippen LogP contribution in [0.5, 0.6) is 0 Å². The fourth-order valence-corrected chi connectivity index (χ4v) is 6.06. The predicted molar refractivity (Wildman–Crippen MR) is 60.5 cm³/mol. The molecule has 1 atom stereocenters. The van der Waals surface area contributed by atoms with Gasteiger partial charge in [-0.05, 0) is 0 Å². The van der Waals surface area contributed by atoms with E-state index >= 15 is 0 Å². The molecule has 0 amide bonds. The zero-order valence-electron chi connectivity index (χ0n) is 8.06. The Balaban J connectivity index is 3.68. The summed E-state index contributed by atoms with van der Waals surface area (Å²) in [6.45, 7) is 14.8. The molecule has 0 fully saturated rings. The summed E-state index contributed by atoms with van der Waals surface area (Å²) in [5.74, 6) is 0. The van der Waals surface area contributed by atoms with Crippen LogP contribution >= 0.6 is 0 Å². The average molecular weight is 184 g/mol. The molecule has 0 radical (unpaired) electrons. The lowest BCUT2D eigenvalue weighted by Crippen LogP contribution is -2.23. The summed E-state index contributed by atoms with van der Waals surface area (Å²) in [5.41, 5.74) is 4.37. The average Bonchev–Trinajstić information content (AvgIpc) is 2.00. The number of hydrogen-bond acceptors (Lipinski definition) is 0. The molecule has 0 aliphatic heterocycles. The summed E-state index contributed by atoms with van der Waals surface area (Å²) in [7, 11) is -1.55. The maximum atomic E-state index is 3.89. The quantitative estimate of drug-likeness (QED) is 0.576. The highest BCUT2D eigenvalue weighted by Crippen LogP contribution is 2.14. The topological polar surface area (TPSA) is 0 Å². The summed E-state index contributed by atoms with van der Waals surface area (Å²) in [4.78, 5) is 0. The number of rotatable bonds is 5. The van der Waals surface area contributed by atoms with Crippen LogP contribution in [0, 0.1) is 0 Å². The van der Waals surface area contributed by atoms with Crippen molar-refractivity contribution in [3.63, 3.8) is 0 Å². The smallest absolute Gasteiger partial charge is 0.0707 e. The van der Waals surface area contributed by atoms with Gasteiger partial charge in [-0.1, -0.05) is 31.7 Å². The molecular formula is C9H20Si2. The maximum absolute atomic E-state index is 3.89. The van der Waals surface area contributed by atoms with E-state index in [1.165, 1.54) is 12.1 Å². The fraction of sp³-hybridized carbons (Fsp3) is 0.556. The SMILES string of the molecule is C=C[SiH](C)CC[Si](C)(C)C=C. The van der Waals surface area contributed by atoms with Gasteiger partial charge in [-0.15, -0.1) is 24.6 Å². The van der Waals surface area contributed by atoms with Crippen LogP contribution in [0.15, 0.2) is 24.6 Å². The predicted octanol–water partition coefficient (Wildman–Crippen LogP) is 3.00. The van der Waals surface area contributed by atoms with E-state index in [1.54, 1.807) is 0 Å². The normalized spacial score (nSPS) is 14.1. The molecule has 0 aromatic carbocycles. The summed E-state index contributed by atoms with van der Waals surface area (Å²) in [6, 6.07) is 2.81. The van der Waals surface area contributed by atoms with E-state index < -0.39 is 16.9 Å². The van der Waals surface area contributed by atoms with Gasteiger partial charge < -0.3 is 0 Å². The van der Waals surface area contributed by atoms with Crippen LogP contribution in [0.1, 0.15) is 0 Å². The van der Waals surface area contributed by atoms with E-state index in [-0.39, 0.29) is 0 Å². The Labute approximate surface area is 73.6 Å². The lowest BCUT2D eigenvalue weighted by atomic mass is 10.9. The molecule has 0 aromatic heterocycles. The van der Waals surface area contributed by atoms with Crippen LogP contribution in [0.25, 0.3) is 0 Å². The van der Waals surface area contributed by atoms with E-state index in [4.69, 9.17) is 0 Å². The summed E-state index contributed by atoms with van der Waals surface area (Å²) < 4.78 is 0. The summed E-state index contributed by atoms with van der Waals surface area (Å²) in [5, 5.41) is 0. The van der Waals surface area contributed by atoms with Gasteiger partial charge in [0.15, 0.2) is 0 Å². The van der Waals surface area contributed by atoms with Crippen molar-refractivity contribution in [2.24, 2.45) is 0 Å². The second-order valence-corrected chi connectivity index (χ2v) is 11.8. The molecule has 64 valence electrons. The Hall–Kier alpha value is -0.0862. The minimum atomic E-state index is -1.01. The lowest BCUT2D eigenvalue weighted by molar-refractivity contribution is 1.33. The third kappa shape index (κ3) is 5.21. The van der Waals surface area contributed by atoms with E-state index in [0.717, 1.165) is 0 Å². The molecule has 0 rings (SSSR count). The third-order valence-electron chi connectivity index (χ3n) is 2.20. The zero-order chi connectivity index (χ0) is 8.91. The van der Waals surface area contributed by atoms with Crippen molar-refractivity contribution in [1.29, 1.82) is 0 Å². The maximum Gasteiger partial charge on any atom is 0.0707 e. The van der Waals surface area contributed by atoms with Crippen LogP contribution in [0.4, 0.5) is 0 Å². The van der Waals surface area contributed by atoms with Crippen LogP contribution in [-0.4, -0.2) is 16.9 Å². The van der Waals surface area contributed by atoms with Gasteiger partial charge in [0.05, 0.1) is 16.9 Å². The molecule has 0 nitrogen and oxygen atoms in total.